The van der Waals surface area contributed by atoms with Crippen LogP contribution in [-0.2, 0) is 19.4 Å². The number of amides is 2. The van der Waals surface area contributed by atoms with Crippen LogP contribution >= 0.6 is 0 Å². The molecule has 1 aliphatic heterocycles. The fourth-order valence-electron chi connectivity index (χ4n) is 2.40. The summed E-state index contributed by atoms with van der Waals surface area (Å²) in [5, 5.41) is 4.70. The summed E-state index contributed by atoms with van der Waals surface area (Å²) in [6, 6.07) is 6.59. The molecule has 0 saturated heterocycles. The van der Waals surface area contributed by atoms with Gasteiger partial charge in [-0.3, -0.25) is 9.59 Å². The normalized spacial score (nSPS) is 13.3. The molecule has 2 amide bonds. The summed E-state index contributed by atoms with van der Waals surface area (Å²) in [7, 11) is -3.84. The molecule has 0 fully saturated rings. The minimum absolute atomic E-state index is 0.0900. The Hall–Kier alpha value is -3.01. The minimum atomic E-state index is -3.84. The maximum Gasteiger partial charge on any atom is 0.262 e. The number of benzene rings is 2. The van der Waals surface area contributed by atoms with Crippen molar-refractivity contribution in [3.8, 4) is 5.75 Å². The number of hydrogen-bond donors (Lipinski definition) is 2. The van der Waals surface area contributed by atoms with E-state index in [1.807, 2.05) is 0 Å². The van der Waals surface area contributed by atoms with E-state index in [2.05, 4.69) is 10.6 Å². The number of ether oxygens (including phenoxy) is 1. The second-order valence-electron chi connectivity index (χ2n) is 5.74. The van der Waals surface area contributed by atoms with E-state index in [9.17, 15) is 26.8 Å². The van der Waals surface area contributed by atoms with Crippen LogP contribution in [0, 0.1) is 11.6 Å². The Morgan fingerprint density at radius 3 is 2.70 bits per heavy atom. The van der Waals surface area contributed by atoms with Crippen LogP contribution in [0.25, 0.3) is 0 Å². The Kier molecular flexibility index (Phi) is 5.08. The van der Waals surface area contributed by atoms with E-state index in [4.69, 9.17) is 4.74 Å². The van der Waals surface area contributed by atoms with E-state index < -0.39 is 45.5 Å². The van der Waals surface area contributed by atoms with E-state index >= 15 is 0 Å². The first kappa shape index (κ1) is 18.8. The van der Waals surface area contributed by atoms with Gasteiger partial charge in [-0.15, -0.1) is 0 Å². The SMILES string of the molecule is O=C(CCS(=O)(=O)c1ccc2c(c1)NC(=O)CO2)Nc1ccc(F)cc1F. The van der Waals surface area contributed by atoms with Crippen LogP contribution in [0.2, 0.25) is 0 Å². The highest BCUT2D eigenvalue weighted by Gasteiger charge is 2.22. The van der Waals surface area contributed by atoms with E-state index in [0.717, 1.165) is 12.1 Å². The molecule has 2 aromatic rings. The summed E-state index contributed by atoms with van der Waals surface area (Å²) in [5.41, 5.74) is -0.0161. The average molecular weight is 396 g/mol. The van der Waals surface area contributed by atoms with Crippen molar-refractivity contribution in [2.75, 3.05) is 23.0 Å². The van der Waals surface area contributed by atoms with Gasteiger partial charge in [0.2, 0.25) is 5.91 Å². The Balaban J connectivity index is 1.67. The van der Waals surface area contributed by atoms with Gasteiger partial charge in [0.15, 0.2) is 16.4 Å². The molecule has 0 aliphatic carbocycles. The predicted molar refractivity (Wildman–Crippen MR) is 92.2 cm³/mol. The fraction of sp³-hybridized carbons (Fsp3) is 0.176. The number of fused-ring (bicyclic) bond motifs is 1. The smallest absolute Gasteiger partial charge is 0.262 e. The largest absolute Gasteiger partial charge is 0.482 e. The Morgan fingerprint density at radius 1 is 1.19 bits per heavy atom. The van der Waals surface area contributed by atoms with Gasteiger partial charge in [-0.2, -0.15) is 0 Å². The van der Waals surface area contributed by atoms with E-state index in [-0.39, 0.29) is 22.9 Å². The molecule has 2 aromatic carbocycles. The third kappa shape index (κ3) is 4.40. The van der Waals surface area contributed by atoms with Crippen molar-refractivity contribution in [3.63, 3.8) is 0 Å². The van der Waals surface area contributed by atoms with E-state index in [0.29, 0.717) is 11.8 Å². The molecular weight excluding hydrogens is 382 g/mol. The summed E-state index contributed by atoms with van der Waals surface area (Å²) in [6.45, 7) is -0.154. The van der Waals surface area contributed by atoms with Crippen LogP contribution in [0.4, 0.5) is 20.2 Å². The van der Waals surface area contributed by atoms with Crippen molar-refractivity contribution >= 4 is 33.0 Å². The molecule has 1 aliphatic rings. The second-order valence-corrected chi connectivity index (χ2v) is 7.85. The second kappa shape index (κ2) is 7.31. The summed E-state index contributed by atoms with van der Waals surface area (Å²) in [4.78, 5) is 23.1. The lowest BCUT2D eigenvalue weighted by Gasteiger charge is -2.18. The van der Waals surface area contributed by atoms with Gasteiger partial charge in [-0.25, -0.2) is 17.2 Å². The zero-order chi connectivity index (χ0) is 19.6. The number of anilines is 2. The number of halogens is 2. The van der Waals surface area contributed by atoms with Crippen molar-refractivity contribution in [1.82, 2.24) is 0 Å². The van der Waals surface area contributed by atoms with Crippen molar-refractivity contribution < 1.29 is 31.5 Å². The Labute approximate surface area is 153 Å². The zero-order valence-electron chi connectivity index (χ0n) is 13.8. The number of carbonyl (C=O) groups excluding carboxylic acids is 2. The van der Waals surface area contributed by atoms with Gasteiger partial charge in [0.1, 0.15) is 17.4 Å². The summed E-state index contributed by atoms with van der Waals surface area (Å²) in [5.74, 6) is -3.09. The van der Waals surface area contributed by atoms with Crippen LogP contribution in [-0.4, -0.2) is 32.6 Å². The number of carbonyl (C=O) groups is 2. The third-order valence-electron chi connectivity index (χ3n) is 3.75. The first-order chi connectivity index (χ1) is 12.7. The summed E-state index contributed by atoms with van der Waals surface area (Å²) >= 11 is 0. The number of nitrogens with one attached hydrogen (secondary N) is 2. The summed E-state index contributed by atoms with van der Waals surface area (Å²) in [6.07, 6.45) is -0.431. The number of rotatable bonds is 5. The standard InChI is InChI=1S/C17H14F2N2O5S/c18-10-1-3-13(12(19)7-10)20-16(22)5-6-27(24,25)11-2-4-15-14(8-11)21-17(23)9-26-15/h1-4,7-8H,5-6,9H2,(H,20,22)(H,21,23). The molecule has 3 rings (SSSR count). The lowest BCUT2D eigenvalue weighted by Crippen LogP contribution is -2.25. The van der Waals surface area contributed by atoms with Crippen molar-refractivity contribution in [2.24, 2.45) is 0 Å². The minimum Gasteiger partial charge on any atom is -0.482 e. The molecule has 1 heterocycles. The first-order valence-electron chi connectivity index (χ1n) is 7.79. The Bertz CT molecular complexity index is 1020. The van der Waals surface area contributed by atoms with Gasteiger partial charge in [0, 0.05) is 12.5 Å². The molecule has 0 spiro atoms. The molecule has 7 nitrogen and oxygen atoms in total. The topological polar surface area (TPSA) is 102 Å². The molecule has 10 heteroatoms. The fourth-order valence-corrected chi connectivity index (χ4v) is 3.67. The molecule has 142 valence electrons. The molecule has 2 N–H and O–H groups in total. The monoisotopic (exact) mass is 396 g/mol. The van der Waals surface area contributed by atoms with Crippen LogP contribution in [0.1, 0.15) is 6.42 Å². The van der Waals surface area contributed by atoms with Crippen LogP contribution in [0.15, 0.2) is 41.3 Å². The number of hydrogen-bond acceptors (Lipinski definition) is 5. The predicted octanol–water partition coefficient (Wildman–Crippen LogP) is 2.10. The number of sulfone groups is 1. The molecule has 0 radical (unpaired) electrons. The molecule has 27 heavy (non-hydrogen) atoms. The summed E-state index contributed by atoms with van der Waals surface area (Å²) < 4.78 is 56.4. The van der Waals surface area contributed by atoms with Crippen molar-refractivity contribution in [1.29, 1.82) is 0 Å². The highest BCUT2D eigenvalue weighted by molar-refractivity contribution is 7.91. The van der Waals surface area contributed by atoms with Gasteiger partial charge in [-0.1, -0.05) is 0 Å². The quantitative estimate of drug-likeness (QED) is 0.806. The zero-order valence-corrected chi connectivity index (χ0v) is 14.6. The van der Waals surface area contributed by atoms with Gasteiger partial charge >= 0.3 is 0 Å². The van der Waals surface area contributed by atoms with Crippen LogP contribution in [0.5, 0.6) is 5.75 Å². The van der Waals surface area contributed by atoms with Crippen LogP contribution in [0.3, 0.4) is 0 Å². The molecule has 0 aromatic heterocycles. The lowest BCUT2D eigenvalue weighted by molar-refractivity contribution is -0.118. The average Bonchev–Trinajstić information content (AvgIpc) is 2.62. The molecule has 0 bridgehead atoms. The van der Waals surface area contributed by atoms with Gasteiger partial charge < -0.3 is 15.4 Å². The highest BCUT2D eigenvalue weighted by atomic mass is 32.2. The molecule has 0 saturated carbocycles. The Morgan fingerprint density at radius 2 is 1.96 bits per heavy atom. The molecule has 0 atom stereocenters. The lowest BCUT2D eigenvalue weighted by atomic mass is 10.2. The maximum absolute atomic E-state index is 13.5. The maximum atomic E-state index is 13.5. The highest BCUT2D eigenvalue weighted by Crippen LogP contribution is 2.30. The van der Waals surface area contributed by atoms with Crippen molar-refractivity contribution in [2.45, 2.75) is 11.3 Å². The van der Waals surface area contributed by atoms with E-state index in [1.165, 1.54) is 18.2 Å². The first-order valence-corrected chi connectivity index (χ1v) is 9.44. The van der Waals surface area contributed by atoms with Gasteiger partial charge in [0.25, 0.3) is 5.91 Å². The molecular formula is C17H14F2N2O5S. The van der Waals surface area contributed by atoms with Crippen molar-refractivity contribution in [3.05, 3.63) is 48.0 Å². The van der Waals surface area contributed by atoms with Crippen LogP contribution < -0.4 is 15.4 Å². The van der Waals surface area contributed by atoms with Gasteiger partial charge in [-0.05, 0) is 30.3 Å². The van der Waals surface area contributed by atoms with E-state index in [1.54, 1.807) is 0 Å². The molecule has 0 unspecified atom stereocenters. The third-order valence-corrected chi connectivity index (χ3v) is 5.46. The van der Waals surface area contributed by atoms with Gasteiger partial charge in [0.05, 0.1) is 22.0 Å².